The minimum atomic E-state index is -0.321. The van der Waals surface area contributed by atoms with E-state index < -0.39 is 0 Å². The Morgan fingerprint density at radius 2 is 2.00 bits per heavy atom. The van der Waals surface area contributed by atoms with E-state index in [1.807, 2.05) is 17.0 Å². The third kappa shape index (κ3) is 5.00. The molecule has 1 saturated heterocycles. The second-order valence-corrected chi connectivity index (χ2v) is 5.93. The van der Waals surface area contributed by atoms with E-state index >= 15 is 0 Å². The fraction of sp³-hybridized carbons (Fsp3) is 0.500. The highest BCUT2D eigenvalue weighted by Crippen LogP contribution is 2.20. The van der Waals surface area contributed by atoms with Crippen LogP contribution >= 0.6 is 11.6 Å². The Kier molecular flexibility index (Phi) is 6.21. The Morgan fingerprint density at radius 1 is 1.27 bits per heavy atom. The van der Waals surface area contributed by atoms with Crippen LogP contribution in [-0.4, -0.2) is 42.9 Å². The first kappa shape index (κ1) is 16.8. The van der Waals surface area contributed by atoms with Crippen LogP contribution in [-0.2, 0) is 9.59 Å². The van der Waals surface area contributed by atoms with Gasteiger partial charge in [-0.15, -0.1) is 0 Å². The lowest BCUT2D eigenvalue weighted by Crippen LogP contribution is -2.37. The number of rotatable bonds is 4. The SMILES string of the molecule is CC(=O)NC(CC(=O)N1CCCNCC1)c1ccc(Cl)cc1. The van der Waals surface area contributed by atoms with Gasteiger partial charge in [-0.05, 0) is 30.7 Å². The molecule has 1 aromatic rings. The average molecular weight is 324 g/mol. The first-order chi connectivity index (χ1) is 10.6. The fourth-order valence-corrected chi connectivity index (χ4v) is 2.72. The molecule has 22 heavy (non-hydrogen) atoms. The van der Waals surface area contributed by atoms with Crippen molar-refractivity contribution in [1.82, 2.24) is 15.5 Å². The highest BCUT2D eigenvalue weighted by molar-refractivity contribution is 6.30. The summed E-state index contributed by atoms with van der Waals surface area (Å²) in [6, 6.07) is 6.91. The molecule has 2 N–H and O–H groups in total. The van der Waals surface area contributed by atoms with E-state index in [1.54, 1.807) is 12.1 Å². The molecule has 0 radical (unpaired) electrons. The number of carbonyl (C=O) groups excluding carboxylic acids is 2. The van der Waals surface area contributed by atoms with Crippen molar-refractivity contribution in [2.45, 2.75) is 25.8 Å². The largest absolute Gasteiger partial charge is 0.349 e. The fourth-order valence-electron chi connectivity index (χ4n) is 2.59. The lowest BCUT2D eigenvalue weighted by Gasteiger charge is -2.24. The minimum absolute atomic E-state index is 0.0670. The Hall–Kier alpha value is -1.59. The molecule has 1 aliphatic heterocycles. The van der Waals surface area contributed by atoms with Gasteiger partial charge in [0.1, 0.15) is 0 Å². The van der Waals surface area contributed by atoms with E-state index in [4.69, 9.17) is 11.6 Å². The first-order valence-corrected chi connectivity index (χ1v) is 7.95. The van der Waals surface area contributed by atoms with Gasteiger partial charge in [-0.1, -0.05) is 23.7 Å². The Bertz CT molecular complexity index is 511. The number of benzene rings is 1. The molecule has 0 bridgehead atoms. The van der Waals surface area contributed by atoms with Crippen molar-refractivity contribution in [2.24, 2.45) is 0 Å². The molecule has 2 amide bonds. The Balaban J connectivity index is 2.06. The highest BCUT2D eigenvalue weighted by Gasteiger charge is 2.22. The van der Waals surface area contributed by atoms with Gasteiger partial charge >= 0.3 is 0 Å². The van der Waals surface area contributed by atoms with Gasteiger partial charge in [-0.3, -0.25) is 9.59 Å². The molecule has 0 saturated carbocycles. The summed E-state index contributed by atoms with van der Waals surface area (Å²) < 4.78 is 0. The first-order valence-electron chi connectivity index (χ1n) is 7.57. The predicted molar refractivity (Wildman–Crippen MR) is 86.7 cm³/mol. The molecule has 2 rings (SSSR count). The quantitative estimate of drug-likeness (QED) is 0.887. The zero-order valence-corrected chi connectivity index (χ0v) is 13.5. The van der Waals surface area contributed by atoms with E-state index in [1.165, 1.54) is 6.92 Å². The second-order valence-electron chi connectivity index (χ2n) is 5.49. The van der Waals surface area contributed by atoms with E-state index in [9.17, 15) is 9.59 Å². The zero-order valence-electron chi connectivity index (χ0n) is 12.8. The van der Waals surface area contributed by atoms with Crippen LogP contribution in [0, 0.1) is 0 Å². The molecular weight excluding hydrogens is 302 g/mol. The Labute approximate surface area is 136 Å². The van der Waals surface area contributed by atoms with Crippen LogP contribution in [0.25, 0.3) is 0 Å². The van der Waals surface area contributed by atoms with Crippen LogP contribution in [0.4, 0.5) is 0 Å². The number of halogens is 1. The summed E-state index contributed by atoms with van der Waals surface area (Å²) in [7, 11) is 0. The topological polar surface area (TPSA) is 61.4 Å². The summed E-state index contributed by atoms with van der Waals surface area (Å²) in [5.74, 6) is -0.0808. The summed E-state index contributed by atoms with van der Waals surface area (Å²) >= 11 is 5.90. The summed E-state index contributed by atoms with van der Waals surface area (Å²) in [6.45, 7) is 4.70. The highest BCUT2D eigenvalue weighted by atomic mass is 35.5. The van der Waals surface area contributed by atoms with Crippen molar-refractivity contribution < 1.29 is 9.59 Å². The Morgan fingerprint density at radius 3 is 2.68 bits per heavy atom. The molecule has 0 aliphatic carbocycles. The third-order valence-corrected chi connectivity index (χ3v) is 3.97. The molecule has 120 valence electrons. The standard InChI is InChI=1S/C16H22ClN3O2/c1-12(21)19-15(13-3-5-14(17)6-4-13)11-16(22)20-9-2-7-18-8-10-20/h3-6,15,18H,2,7-11H2,1H3,(H,19,21). The van der Waals surface area contributed by atoms with Gasteiger partial charge in [-0.2, -0.15) is 0 Å². The lowest BCUT2D eigenvalue weighted by molar-refractivity contribution is -0.131. The van der Waals surface area contributed by atoms with Gasteiger partial charge in [0.2, 0.25) is 11.8 Å². The number of hydrogen-bond donors (Lipinski definition) is 2. The van der Waals surface area contributed by atoms with Gasteiger partial charge in [0.15, 0.2) is 0 Å². The molecule has 0 aromatic heterocycles. The number of hydrogen-bond acceptors (Lipinski definition) is 3. The maximum atomic E-state index is 12.5. The van der Waals surface area contributed by atoms with Crippen molar-refractivity contribution in [2.75, 3.05) is 26.2 Å². The molecule has 0 spiro atoms. The van der Waals surface area contributed by atoms with Crippen molar-refractivity contribution in [3.63, 3.8) is 0 Å². The molecule has 6 heteroatoms. The van der Waals surface area contributed by atoms with Crippen molar-refractivity contribution in [3.8, 4) is 0 Å². The smallest absolute Gasteiger partial charge is 0.225 e. The average Bonchev–Trinajstić information content (AvgIpc) is 2.76. The predicted octanol–water partition coefficient (Wildman–Crippen LogP) is 1.73. The molecular formula is C16H22ClN3O2. The van der Waals surface area contributed by atoms with E-state index in [0.29, 0.717) is 11.6 Å². The molecule has 1 aromatic carbocycles. The summed E-state index contributed by atoms with van der Waals surface area (Å²) in [4.78, 5) is 25.8. The van der Waals surface area contributed by atoms with Crippen LogP contribution in [0.15, 0.2) is 24.3 Å². The van der Waals surface area contributed by atoms with E-state index in [0.717, 1.165) is 31.6 Å². The van der Waals surface area contributed by atoms with Crippen LogP contribution in [0.3, 0.4) is 0 Å². The van der Waals surface area contributed by atoms with Gasteiger partial charge in [-0.25, -0.2) is 0 Å². The van der Waals surface area contributed by atoms with Gasteiger partial charge < -0.3 is 15.5 Å². The summed E-state index contributed by atoms with van der Waals surface area (Å²) in [6.07, 6.45) is 1.22. The lowest BCUT2D eigenvalue weighted by atomic mass is 10.0. The third-order valence-electron chi connectivity index (χ3n) is 3.72. The summed E-state index contributed by atoms with van der Waals surface area (Å²) in [5.41, 5.74) is 0.890. The van der Waals surface area contributed by atoms with Crippen molar-refractivity contribution >= 4 is 23.4 Å². The van der Waals surface area contributed by atoms with Crippen LogP contribution in [0.2, 0.25) is 5.02 Å². The summed E-state index contributed by atoms with van der Waals surface area (Å²) in [5, 5.41) is 6.77. The normalized spacial score (nSPS) is 16.7. The molecule has 1 atom stereocenters. The molecule has 1 aliphatic rings. The molecule has 1 heterocycles. The minimum Gasteiger partial charge on any atom is -0.349 e. The number of amides is 2. The van der Waals surface area contributed by atoms with Gasteiger partial charge in [0.05, 0.1) is 12.5 Å². The van der Waals surface area contributed by atoms with Crippen LogP contribution in [0.5, 0.6) is 0 Å². The van der Waals surface area contributed by atoms with Gasteiger partial charge in [0.25, 0.3) is 0 Å². The van der Waals surface area contributed by atoms with Crippen molar-refractivity contribution in [3.05, 3.63) is 34.9 Å². The molecule has 5 nitrogen and oxygen atoms in total. The number of carbonyl (C=O) groups is 2. The molecule has 1 fully saturated rings. The van der Waals surface area contributed by atoms with E-state index in [2.05, 4.69) is 10.6 Å². The number of nitrogens with one attached hydrogen (secondary N) is 2. The second kappa shape index (κ2) is 8.15. The number of nitrogens with zero attached hydrogens (tertiary/aromatic N) is 1. The van der Waals surface area contributed by atoms with Crippen LogP contribution in [0.1, 0.15) is 31.4 Å². The monoisotopic (exact) mass is 323 g/mol. The van der Waals surface area contributed by atoms with Crippen LogP contribution < -0.4 is 10.6 Å². The zero-order chi connectivity index (χ0) is 15.9. The maximum Gasteiger partial charge on any atom is 0.225 e. The molecule has 1 unspecified atom stereocenters. The van der Waals surface area contributed by atoms with Gasteiger partial charge in [0, 0.05) is 31.6 Å². The van der Waals surface area contributed by atoms with Crippen molar-refractivity contribution in [1.29, 1.82) is 0 Å². The van der Waals surface area contributed by atoms with E-state index in [-0.39, 0.29) is 24.3 Å². The maximum absolute atomic E-state index is 12.5.